The first-order valence-corrected chi connectivity index (χ1v) is 11.1. The highest BCUT2D eigenvalue weighted by Crippen LogP contribution is 2.33. The second-order valence-electron chi connectivity index (χ2n) is 8.52. The lowest BCUT2D eigenvalue weighted by Crippen LogP contribution is -2.24. The van der Waals surface area contributed by atoms with Crippen LogP contribution < -0.4 is 9.64 Å². The van der Waals surface area contributed by atoms with Gasteiger partial charge in [-0.1, -0.05) is 36.4 Å². The summed E-state index contributed by atoms with van der Waals surface area (Å²) in [5.74, 6) is 2.03. The maximum atomic E-state index is 12.9. The third kappa shape index (κ3) is 3.98. The van der Waals surface area contributed by atoms with Crippen molar-refractivity contribution in [1.29, 1.82) is 0 Å². The molecule has 2 heterocycles. The molecule has 1 fully saturated rings. The Labute approximate surface area is 188 Å². The number of carbonyl (C=O) groups excluding carboxylic acids is 1. The second kappa shape index (κ2) is 8.50. The maximum absolute atomic E-state index is 12.9. The Bertz CT molecular complexity index is 1280. The molecule has 0 N–H and O–H groups in total. The number of para-hydroxylation sites is 2. The van der Waals surface area contributed by atoms with Gasteiger partial charge in [0.25, 0.3) is 0 Å². The lowest BCUT2D eigenvalue weighted by Gasteiger charge is -2.18. The topological polar surface area (TPSA) is 47.4 Å². The third-order valence-electron chi connectivity index (χ3n) is 6.06. The number of aromatic nitrogens is 2. The molecule has 1 saturated heterocycles. The largest absolute Gasteiger partial charge is 0.492 e. The molecule has 4 aromatic rings. The van der Waals surface area contributed by atoms with E-state index >= 15 is 0 Å². The first kappa shape index (κ1) is 20.3. The predicted octanol–water partition coefficient (Wildman–Crippen LogP) is 5.25. The highest BCUT2D eigenvalue weighted by Gasteiger charge is 2.34. The number of anilines is 1. The number of nitrogens with zero attached hydrogens (tertiary/aromatic N) is 3. The summed E-state index contributed by atoms with van der Waals surface area (Å²) in [7, 11) is 0. The second-order valence-corrected chi connectivity index (χ2v) is 8.52. The number of benzene rings is 3. The van der Waals surface area contributed by atoms with Crippen LogP contribution in [0.4, 0.5) is 5.69 Å². The van der Waals surface area contributed by atoms with Crippen LogP contribution in [0.15, 0.2) is 72.8 Å². The van der Waals surface area contributed by atoms with Gasteiger partial charge in [0.15, 0.2) is 0 Å². The molecular weight excluding hydrogens is 398 g/mol. The van der Waals surface area contributed by atoms with Crippen LogP contribution >= 0.6 is 0 Å². The van der Waals surface area contributed by atoms with Crippen molar-refractivity contribution >= 4 is 22.6 Å². The molecule has 1 amide bonds. The van der Waals surface area contributed by atoms with Crippen LogP contribution in [0.2, 0.25) is 0 Å². The molecule has 0 saturated carbocycles. The van der Waals surface area contributed by atoms with E-state index in [0.717, 1.165) is 33.9 Å². The van der Waals surface area contributed by atoms with Crippen LogP contribution in [0.25, 0.3) is 11.0 Å². The molecule has 0 spiro atoms. The van der Waals surface area contributed by atoms with Gasteiger partial charge in [-0.15, -0.1) is 0 Å². The van der Waals surface area contributed by atoms with E-state index < -0.39 is 0 Å². The Balaban J connectivity index is 1.41. The molecule has 0 radical (unpaired) electrons. The number of imidazole rings is 1. The maximum Gasteiger partial charge on any atom is 0.227 e. The Morgan fingerprint density at radius 1 is 0.969 bits per heavy atom. The molecule has 3 aromatic carbocycles. The van der Waals surface area contributed by atoms with Gasteiger partial charge >= 0.3 is 0 Å². The number of amides is 1. The van der Waals surface area contributed by atoms with Crippen molar-refractivity contribution in [1.82, 2.24) is 9.55 Å². The van der Waals surface area contributed by atoms with Crippen LogP contribution in [0, 0.1) is 13.8 Å². The van der Waals surface area contributed by atoms with Gasteiger partial charge in [0.05, 0.1) is 17.6 Å². The summed E-state index contributed by atoms with van der Waals surface area (Å²) in [5, 5.41) is 0. The van der Waals surface area contributed by atoms with E-state index in [2.05, 4.69) is 42.7 Å². The zero-order valence-electron chi connectivity index (χ0n) is 18.5. The Kier molecular flexibility index (Phi) is 5.39. The van der Waals surface area contributed by atoms with Crippen LogP contribution in [-0.2, 0) is 11.3 Å². The Morgan fingerprint density at radius 3 is 2.56 bits per heavy atom. The average Bonchev–Trinajstić information content (AvgIpc) is 3.34. The van der Waals surface area contributed by atoms with Crippen molar-refractivity contribution in [2.45, 2.75) is 32.7 Å². The molecule has 1 aliphatic heterocycles. The zero-order valence-corrected chi connectivity index (χ0v) is 18.5. The fourth-order valence-corrected chi connectivity index (χ4v) is 4.53. The predicted molar refractivity (Wildman–Crippen MR) is 127 cm³/mol. The van der Waals surface area contributed by atoms with E-state index in [4.69, 9.17) is 9.72 Å². The van der Waals surface area contributed by atoms with Gasteiger partial charge in [-0.2, -0.15) is 0 Å². The Hall–Kier alpha value is -3.60. The Morgan fingerprint density at radius 2 is 1.75 bits per heavy atom. The van der Waals surface area contributed by atoms with Gasteiger partial charge in [0.1, 0.15) is 18.2 Å². The fraction of sp³-hybridized carbons (Fsp3) is 0.259. The number of aryl methyl sites for hydroxylation is 2. The lowest BCUT2D eigenvalue weighted by atomic mass is 10.1. The minimum absolute atomic E-state index is 0.0504. The van der Waals surface area contributed by atoms with Crippen molar-refractivity contribution in [3.05, 3.63) is 89.7 Å². The van der Waals surface area contributed by atoms with Gasteiger partial charge in [-0.25, -0.2) is 4.98 Å². The number of ether oxygens (including phenoxy) is 1. The minimum Gasteiger partial charge on any atom is -0.492 e. The summed E-state index contributed by atoms with van der Waals surface area (Å²) >= 11 is 0. The standard InChI is InChI=1S/C27H27N3O2/c1-19-7-5-9-22(15-19)30-18-21(17-26(30)31)27-28-24-11-3-4-12-25(24)29(27)13-14-32-23-10-6-8-20(2)16-23/h3-12,15-16,21H,13-14,17-18H2,1-2H3/t21-/m1/s1. The van der Waals surface area contributed by atoms with E-state index in [-0.39, 0.29) is 11.8 Å². The fourth-order valence-electron chi connectivity index (χ4n) is 4.53. The molecule has 5 nitrogen and oxygen atoms in total. The lowest BCUT2D eigenvalue weighted by molar-refractivity contribution is -0.117. The molecule has 32 heavy (non-hydrogen) atoms. The van der Waals surface area contributed by atoms with E-state index in [1.165, 1.54) is 5.56 Å². The summed E-state index contributed by atoms with van der Waals surface area (Å²) in [4.78, 5) is 19.7. The van der Waals surface area contributed by atoms with Crippen molar-refractivity contribution in [3.63, 3.8) is 0 Å². The number of rotatable bonds is 6. The third-order valence-corrected chi connectivity index (χ3v) is 6.06. The summed E-state index contributed by atoms with van der Waals surface area (Å²) < 4.78 is 8.25. The minimum atomic E-state index is 0.0504. The molecule has 162 valence electrons. The average molecular weight is 426 g/mol. The van der Waals surface area contributed by atoms with Crippen LogP contribution in [0.3, 0.4) is 0 Å². The molecular formula is C27H27N3O2. The molecule has 1 aliphatic rings. The van der Waals surface area contributed by atoms with Gasteiger partial charge in [0.2, 0.25) is 5.91 Å². The van der Waals surface area contributed by atoms with Gasteiger partial charge in [0, 0.05) is 24.6 Å². The molecule has 1 aromatic heterocycles. The van der Waals surface area contributed by atoms with Crippen molar-refractivity contribution in [2.24, 2.45) is 0 Å². The number of hydrogen-bond acceptors (Lipinski definition) is 3. The summed E-state index contributed by atoms with van der Waals surface area (Å²) in [5.41, 5.74) is 5.33. The normalized spacial score (nSPS) is 16.1. The molecule has 5 rings (SSSR count). The number of carbonyl (C=O) groups is 1. The van der Waals surface area contributed by atoms with Crippen molar-refractivity contribution in [2.75, 3.05) is 18.1 Å². The molecule has 0 unspecified atom stereocenters. The first-order valence-electron chi connectivity index (χ1n) is 11.1. The van der Waals surface area contributed by atoms with Gasteiger partial charge in [-0.3, -0.25) is 4.79 Å². The quantitative estimate of drug-likeness (QED) is 0.424. The summed E-state index contributed by atoms with van der Waals surface area (Å²) in [6.07, 6.45) is 0.468. The van der Waals surface area contributed by atoms with E-state index in [1.54, 1.807) is 0 Å². The van der Waals surface area contributed by atoms with Gasteiger partial charge in [-0.05, 0) is 61.4 Å². The summed E-state index contributed by atoms with van der Waals surface area (Å²) in [6, 6.07) is 24.4. The molecule has 1 atom stereocenters. The molecule has 5 heteroatoms. The zero-order chi connectivity index (χ0) is 22.1. The van der Waals surface area contributed by atoms with Gasteiger partial charge < -0.3 is 14.2 Å². The molecule has 0 bridgehead atoms. The highest BCUT2D eigenvalue weighted by atomic mass is 16.5. The SMILES string of the molecule is Cc1cccc(OCCn2c([C@@H]3CC(=O)N(c4cccc(C)c4)C3)nc3ccccc32)c1. The smallest absolute Gasteiger partial charge is 0.227 e. The number of hydrogen-bond donors (Lipinski definition) is 0. The van der Waals surface area contributed by atoms with Crippen molar-refractivity contribution in [3.8, 4) is 5.75 Å². The molecule has 0 aliphatic carbocycles. The summed E-state index contributed by atoms with van der Waals surface area (Å²) in [6.45, 7) is 5.98. The van der Waals surface area contributed by atoms with Crippen molar-refractivity contribution < 1.29 is 9.53 Å². The number of fused-ring (bicyclic) bond motifs is 1. The van der Waals surface area contributed by atoms with Crippen LogP contribution in [-0.4, -0.2) is 28.6 Å². The first-order chi connectivity index (χ1) is 15.6. The van der Waals surface area contributed by atoms with E-state index in [9.17, 15) is 4.79 Å². The van der Waals surface area contributed by atoms with Crippen LogP contribution in [0.1, 0.15) is 29.3 Å². The van der Waals surface area contributed by atoms with E-state index in [0.29, 0.717) is 26.1 Å². The monoisotopic (exact) mass is 425 g/mol. The van der Waals surface area contributed by atoms with Crippen LogP contribution in [0.5, 0.6) is 5.75 Å². The van der Waals surface area contributed by atoms with E-state index in [1.807, 2.05) is 53.4 Å². The highest BCUT2D eigenvalue weighted by molar-refractivity contribution is 5.96.